The van der Waals surface area contributed by atoms with E-state index in [0.29, 0.717) is 9.54 Å². The van der Waals surface area contributed by atoms with Crippen LogP contribution in [0.2, 0.25) is 0 Å². The molecule has 1 unspecified atom stereocenters. The van der Waals surface area contributed by atoms with Crippen LogP contribution in [0.1, 0.15) is 145 Å². The third-order valence-electron chi connectivity index (χ3n) is 12.1. The van der Waals surface area contributed by atoms with Crippen LogP contribution in [0.4, 0.5) is 0 Å². The molecule has 1 atom stereocenters. The normalized spacial score (nSPS) is 21.0. The standard InChI is InChI=1S/C25H25.C13H21.C9H10.Zr/c1-14-12-24(3,4)22-8-16-7-17-9-23-19(15(2)13-25(23,5)6)11-21(17)20(16)10-18(14)22;1-6-10-8-11(7-2)12(9-10)13(3,4)5;1-2-6-9-7-4-3-5-8-9;/h7-13H,1-6H3;9-10H,6-7H2,1-5H3;3-5,7-8H,2H2,1H3;. The molecule has 0 amide bonds. The van der Waals surface area contributed by atoms with Crippen molar-refractivity contribution in [1.82, 2.24) is 0 Å². The fourth-order valence-electron chi connectivity index (χ4n) is 9.97. The van der Waals surface area contributed by atoms with E-state index < -0.39 is 21.3 Å². The molecule has 0 heterocycles. The maximum atomic E-state index is 2.72. The summed E-state index contributed by atoms with van der Waals surface area (Å²) in [6, 6.07) is 22.2. The first kappa shape index (κ1) is 33.9. The summed E-state index contributed by atoms with van der Waals surface area (Å²) < 4.78 is 4.13. The molecule has 4 aliphatic rings. The molecule has 3 aromatic carbocycles. The minimum absolute atomic E-state index is 0.0468. The van der Waals surface area contributed by atoms with E-state index in [1.807, 2.05) is 3.28 Å². The molecule has 0 nitrogen and oxygen atoms in total. The summed E-state index contributed by atoms with van der Waals surface area (Å²) in [5, 5.41) is 0. The van der Waals surface area contributed by atoms with Gasteiger partial charge in [0.1, 0.15) is 0 Å². The number of hydrogen-bond donors (Lipinski definition) is 0. The Bertz CT molecular complexity index is 1920. The second-order valence-electron chi connectivity index (χ2n) is 17.2. The number of fused-ring (bicyclic) bond motifs is 5. The van der Waals surface area contributed by atoms with Gasteiger partial charge in [-0.2, -0.15) is 0 Å². The first-order valence-corrected chi connectivity index (χ1v) is 22.5. The van der Waals surface area contributed by atoms with Gasteiger partial charge in [-0.15, -0.1) is 0 Å². The summed E-state index contributed by atoms with van der Waals surface area (Å²) in [6.07, 6.45) is 11.2. The van der Waals surface area contributed by atoms with E-state index in [4.69, 9.17) is 0 Å². The molecule has 0 N–H and O–H groups in total. The van der Waals surface area contributed by atoms with Crippen molar-refractivity contribution in [2.75, 3.05) is 0 Å². The molecular weight excluding hydrogens is 656 g/mol. The van der Waals surface area contributed by atoms with Crippen molar-refractivity contribution in [3.8, 4) is 11.1 Å². The van der Waals surface area contributed by atoms with Gasteiger partial charge >= 0.3 is 301 Å². The molecule has 248 valence electrons. The SMILES string of the molecule is CCC1=[C]([Zr](=[C](CC)c2ccccc2)[CH]2c3cc4c(cc3-c3cc5c(cc32)C(C)(C)C=C5C)C(C)=CC4(C)C)C(CC)C=C1C(C)(C)C. The van der Waals surface area contributed by atoms with Crippen LogP contribution in [-0.2, 0) is 32.1 Å². The van der Waals surface area contributed by atoms with E-state index in [9.17, 15) is 0 Å². The van der Waals surface area contributed by atoms with E-state index in [0.717, 1.165) is 12.8 Å². The Morgan fingerprint density at radius 2 is 1.25 bits per heavy atom. The molecule has 0 fully saturated rings. The van der Waals surface area contributed by atoms with Crippen LogP contribution in [-0.4, -0.2) is 3.21 Å². The zero-order chi connectivity index (χ0) is 34.5. The third-order valence-corrected chi connectivity index (χ3v) is 21.3. The van der Waals surface area contributed by atoms with Crippen LogP contribution in [0.15, 0.2) is 87.3 Å². The van der Waals surface area contributed by atoms with Crippen molar-refractivity contribution in [2.24, 2.45) is 11.3 Å². The zero-order valence-corrected chi connectivity index (χ0v) is 34.2. The van der Waals surface area contributed by atoms with Gasteiger partial charge in [0.05, 0.1) is 0 Å². The Labute approximate surface area is 299 Å². The van der Waals surface area contributed by atoms with Crippen molar-refractivity contribution in [3.63, 3.8) is 0 Å². The molecule has 7 rings (SSSR count). The van der Waals surface area contributed by atoms with Gasteiger partial charge in [0.15, 0.2) is 0 Å². The molecule has 4 aliphatic carbocycles. The number of benzene rings is 3. The van der Waals surface area contributed by atoms with E-state index in [2.05, 4.69) is 156 Å². The van der Waals surface area contributed by atoms with Gasteiger partial charge in [0.2, 0.25) is 0 Å². The monoisotopic (exact) mass is 710 g/mol. The maximum absolute atomic E-state index is 2.77. The van der Waals surface area contributed by atoms with E-state index in [-0.39, 0.29) is 16.2 Å². The van der Waals surface area contributed by atoms with Crippen LogP contribution in [0.5, 0.6) is 0 Å². The van der Waals surface area contributed by atoms with Crippen LogP contribution < -0.4 is 0 Å². The molecule has 1 heteroatoms. The molecule has 48 heavy (non-hydrogen) atoms. The Balaban J connectivity index is 1.63. The van der Waals surface area contributed by atoms with Gasteiger partial charge in [-0.1, -0.05) is 0 Å². The van der Waals surface area contributed by atoms with Gasteiger partial charge in [0, 0.05) is 0 Å². The number of hydrogen-bond acceptors (Lipinski definition) is 0. The van der Waals surface area contributed by atoms with Crippen LogP contribution in [0.3, 0.4) is 0 Å². The van der Waals surface area contributed by atoms with E-state index >= 15 is 0 Å². The van der Waals surface area contributed by atoms with Gasteiger partial charge < -0.3 is 0 Å². The Morgan fingerprint density at radius 1 is 0.729 bits per heavy atom. The summed E-state index contributed by atoms with van der Waals surface area (Å²) >= 11 is -2.77. The first-order valence-electron chi connectivity index (χ1n) is 18.6. The first-order chi connectivity index (χ1) is 22.6. The summed E-state index contributed by atoms with van der Waals surface area (Å²) in [5.74, 6) is 0.533. The Morgan fingerprint density at radius 3 is 1.69 bits per heavy atom. The van der Waals surface area contributed by atoms with Crippen molar-refractivity contribution in [2.45, 2.75) is 117 Å². The molecule has 0 saturated heterocycles. The molecule has 0 radical (unpaired) electrons. The zero-order valence-electron chi connectivity index (χ0n) is 31.7. The Kier molecular flexibility index (Phi) is 8.27. The van der Waals surface area contributed by atoms with Gasteiger partial charge in [0.25, 0.3) is 0 Å². The summed E-state index contributed by atoms with van der Waals surface area (Å²) in [7, 11) is 0. The topological polar surface area (TPSA) is 0 Å². The van der Waals surface area contributed by atoms with Gasteiger partial charge in [-0.3, -0.25) is 0 Å². The summed E-state index contributed by atoms with van der Waals surface area (Å²) in [5.41, 5.74) is 20.2. The molecule has 3 aromatic rings. The quantitative estimate of drug-likeness (QED) is 0.239. The molecule has 0 spiro atoms. The Hall–Kier alpha value is -2.63. The van der Waals surface area contributed by atoms with Crippen molar-refractivity contribution in [1.29, 1.82) is 0 Å². The van der Waals surface area contributed by atoms with Crippen LogP contribution in [0, 0.1) is 11.3 Å². The van der Waals surface area contributed by atoms with Crippen molar-refractivity contribution < 1.29 is 21.3 Å². The predicted octanol–water partition coefficient (Wildman–Crippen LogP) is 13.1. The molecule has 0 aliphatic heterocycles. The fourth-order valence-corrected chi connectivity index (χ4v) is 20.5. The average molecular weight is 712 g/mol. The second-order valence-corrected chi connectivity index (χ2v) is 23.5. The fraction of sp³-hybridized carbons (Fsp3) is 0.426. The average Bonchev–Trinajstić information content (AvgIpc) is 3.70. The summed E-state index contributed by atoms with van der Waals surface area (Å²) in [4.78, 5) is 0. The van der Waals surface area contributed by atoms with Crippen molar-refractivity contribution >= 4 is 14.4 Å². The van der Waals surface area contributed by atoms with Gasteiger partial charge in [-0.25, -0.2) is 0 Å². The van der Waals surface area contributed by atoms with Crippen LogP contribution in [0.25, 0.3) is 22.3 Å². The summed E-state index contributed by atoms with van der Waals surface area (Å²) in [6.45, 7) is 29.0. The molecule has 0 bridgehead atoms. The van der Waals surface area contributed by atoms with E-state index in [1.165, 1.54) is 56.5 Å². The third kappa shape index (κ3) is 5.12. The van der Waals surface area contributed by atoms with Crippen molar-refractivity contribution in [3.05, 3.63) is 126 Å². The van der Waals surface area contributed by atoms with Gasteiger partial charge in [-0.05, 0) is 0 Å². The second kappa shape index (κ2) is 11.7. The molecule has 0 aromatic heterocycles. The predicted molar refractivity (Wildman–Crippen MR) is 207 cm³/mol. The molecule has 0 saturated carbocycles. The minimum atomic E-state index is -2.77. The van der Waals surface area contributed by atoms with E-state index in [1.54, 1.807) is 25.5 Å². The molecular formula is C47H56Zr. The number of allylic oxidation sites excluding steroid dienone is 8. The number of rotatable bonds is 6. The van der Waals surface area contributed by atoms with Crippen LogP contribution >= 0.6 is 0 Å².